The van der Waals surface area contributed by atoms with E-state index in [1.165, 1.54) is 0 Å². The van der Waals surface area contributed by atoms with Crippen LogP contribution in [-0.2, 0) is 0 Å². The van der Waals surface area contributed by atoms with Crippen LogP contribution in [0.1, 0.15) is 23.3 Å². The van der Waals surface area contributed by atoms with Gasteiger partial charge in [-0.3, -0.25) is 4.79 Å². The van der Waals surface area contributed by atoms with Crippen LogP contribution in [0.5, 0.6) is 0 Å². The molecule has 1 saturated heterocycles. The lowest BCUT2D eigenvalue weighted by Gasteiger charge is -2.31. The predicted molar refractivity (Wildman–Crippen MR) is 104 cm³/mol. The third-order valence-corrected chi connectivity index (χ3v) is 4.50. The van der Waals surface area contributed by atoms with E-state index in [0.29, 0.717) is 16.6 Å². The molecule has 0 saturated carbocycles. The van der Waals surface area contributed by atoms with Crippen LogP contribution in [0, 0.1) is 5.92 Å². The summed E-state index contributed by atoms with van der Waals surface area (Å²) < 4.78 is 0. The minimum Gasteiger partial charge on any atom is -0.337 e. The molecular weight excluding hydrogens is 369 g/mol. The molecule has 7 heteroatoms. The van der Waals surface area contributed by atoms with Gasteiger partial charge in [0.05, 0.1) is 5.52 Å². The quantitative estimate of drug-likeness (QED) is 0.867. The molecule has 3 rings (SSSR count). The first-order chi connectivity index (χ1) is 10.7. The summed E-state index contributed by atoms with van der Waals surface area (Å²) in [5.41, 5.74) is 1.27. The van der Waals surface area contributed by atoms with E-state index in [-0.39, 0.29) is 30.7 Å². The molecule has 2 heterocycles. The Balaban J connectivity index is 0.00000144. The van der Waals surface area contributed by atoms with Crippen molar-refractivity contribution < 1.29 is 4.79 Å². The van der Waals surface area contributed by atoms with Gasteiger partial charge < -0.3 is 10.2 Å². The van der Waals surface area contributed by atoms with Crippen LogP contribution in [0.4, 0.5) is 0 Å². The first-order valence-electron chi connectivity index (χ1n) is 7.67. The van der Waals surface area contributed by atoms with Gasteiger partial charge in [0.25, 0.3) is 5.91 Å². The van der Waals surface area contributed by atoms with E-state index in [9.17, 15) is 4.79 Å². The smallest absolute Gasteiger partial charge is 0.272 e. The third-order valence-electron chi connectivity index (χ3n) is 4.27. The van der Waals surface area contributed by atoms with Crippen LogP contribution in [0.3, 0.4) is 0 Å². The molecule has 0 aliphatic carbocycles. The van der Waals surface area contributed by atoms with Gasteiger partial charge in [0.2, 0.25) is 0 Å². The minimum absolute atomic E-state index is 0. The summed E-state index contributed by atoms with van der Waals surface area (Å²) in [6, 6.07) is 9.28. The van der Waals surface area contributed by atoms with Gasteiger partial charge in [0, 0.05) is 23.5 Å². The Kier molecular flexibility index (Phi) is 8.23. The Morgan fingerprint density at radius 2 is 1.92 bits per heavy atom. The number of pyridine rings is 1. The van der Waals surface area contributed by atoms with Crippen molar-refractivity contribution in [3.8, 4) is 0 Å². The Labute approximate surface area is 159 Å². The van der Waals surface area contributed by atoms with Gasteiger partial charge in [0.15, 0.2) is 0 Å². The summed E-state index contributed by atoms with van der Waals surface area (Å²) in [7, 11) is 1.97. The molecule has 1 aromatic carbocycles. The molecule has 1 aliphatic rings. The van der Waals surface area contributed by atoms with Gasteiger partial charge in [-0.15, -0.1) is 24.8 Å². The molecule has 0 bridgehead atoms. The number of nitrogens with one attached hydrogen (secondary N) is 1. The Bertz CT molecular complexity index is 688. The molecule has 4 nitrogen and oxygen atoms in total. The maximum absolute atomic E-state index is 12.6. The normalized spacial score (nSPS) is 14.8. The summed E-state index contributed by atoms with van der Waals surface area (Å²) in [6.07, 6.45) is 2.10. The highest BCUT2D eigenvalue weighted by molar-refractivity contribution is 6.31. The number of nitrogens with zero attached hydrogens (tertiary/aromatic N) is 2. The fraction of sp³-hybridized carbons (Fsp3) is 0.412. The third kappa shape index (κ3) is 4.73. The van der Waals surface area contributed by atoms with Crippen molar-refractivity contribution in [3.63, 3.8) is 0 Å². The van der Waals surface area contributed by atoms with E-state index in [0.717, 1.165) is 43.4 Å². The first-order valence-corrected chi connectivity index (χ1v) is 8.05. The number of hydrogen-bond acceptors (Lipinski definition) is 3. The molecule has 1 amide bonds. The van der Waals surface area contributed by atoms with E-state index in [1.54, 1.807) is 12.1 Å². The monoisotopic (exact) mass is 389 g/mol. The average molecular weight is 391 g/mol. The second kappa shape index (κ2) is 9.42. The fourth-order valence-electron chi connectivity index (χ4n) is 3.00. The topological polar surface area (TPSA) is 45.2 Å². The van der Waals surface area contributed by atoms with E-state index in [2.05, 4.69) is 10.3 Å². The highest BCUT2D eigenvalue weighted by Crippen LogP contribution is 2.21. The molecule has 0 unspecified atom stereocenters. The molecule has 1 fully saturated rings. The van der Waals surface area contributed by atoms with Crippen LogP contribution >= 0.6 is 36.4 Å². The summed E-state index contributed by atoms with van der Waals surface area (Å²) in [5.74, 6) is 0.683. The molecule has 0 spiro atoms. The number of hydrogen-bond donors (Lipinski definition) is 1. The number of carbonyl (C=O) groups excluding carboxylic acids is 1. The molecule has 0 atom stereocenters. The number of carbonyl (C=O) groups is 1. The number of benzene rings is 1. The zero-order valence-electron chi connectivity index (χ0n) is 13.5. The van der Waals surface area contributed by atoms with Gasteiger partial charge in [0.1, 0.15) is 5.69 Å². The molecule has 132 valence electrons. The Morgan fingerprint density at radius 3 is 2.58 bits per heavy atom. The number of halogens is 3. The Hall–Kier alpha value is -1.07. The molecule has 2 aromatic rings. The summed E-state index contributed by atoms with van der Waals surface area (Å²) in [6.45, 7) is 2.63. The number of amides is 1. The van der Waals surface area contributed by atoms with Crippen molar-refractivity contribution >= 4 is 53.2 Å². The number of likely N-dealkylation sites (tertiary alicyclic amines) is 1. The minimum atomic E-state index is 0. The van der Waals surface area contributed by atoms with E-state index in [1.807, 2.05) is 30.1 Å². The van der Waals surface area contributed by atoms with Crippen LogP contribution in [0.15, 0.2) is 30.3 Å². The number of piperidine rings is 1. The van der Waals surface area contributed by atoms with E-state index >= 15 is 0 Å². The van der Waals surface area contributed by atoms with Crippen LogP contribution in [0.2, 0.25) is 5.02 Å². The van der Waals surface area contributed by atoms with Crippen molar-refractivity contribution in [3.05, 3.63) is 41.0 Å². The van der Waals surface area contributed by atoms with Crippen molar-refractivity contribution in [2.24, 2.45) is 5.92 Å². The van der Waals surface area contributed by atoms with Crippen LogP contribution < -0.4 is 5.32 Å². The summed E-state index contributed by atoms with van der Waals surface area (Å²) >= 11 is 6.00. The lowest BCUT2D eigenvalue weighted by molar-refractivity contribution is 0.0685. The number of aromatic nitrogens is 1. The van der Waals surface area contributed by atoms with Crippen molar-refractivity contribution in [1.29, 1.82) is 0 Å². The average Bonchev–Trinajstić information content (AvgIpc) is 2.54. The fourth-order valence-corrected chi connectivity index (χ4v) is 3.17. The standard InChI is InChI=1S/C17H20ClN3O.2ClH/c1-19-11-12-6-8-21(9-7-12)17(22)15-5-3-13-2-4-14(18)10-16(13)20-15;;/h2-5,10,12,19H,6-9,11H2,1H3;2*1H. The largest absolute Gasteiger partial charge is 0.337 e. The zero-order chi connectivity index (χ0) is 15.5. The highest BCUT2D eigenvalue weighted by Gasteiger charge is 2.24. The Morgan fingerprint density at radius 1 is 1.25 bits per heavy atom. The molecule has 1 aliphatic heterocycles. The molecule has 0 radical (unpaired) electrons. The van der Waals surface area contributed by atoms with E-state index < -0.39 is 0 Å². The lowest BCUT2D eigenvalue weighted by atomic mass is 9.96. The lowest BCUT2D eigenvalue weighted by Crippen LogP contribution is -2.40. The molecule has 1 N–H and O–H groups in total. The second-order valence-electron chi connectivity index (χ2n) is 5.83. The summed E-state index contributed by atoms with van der Waals surface area (Å²) in [5, 5.41) is 4.84. The van der Waals surface area contributed by atoms with Crippen molar-refractivity contribution in [2.45, 2.75) is 12.8 Å². The maximum Gasteiger partial charge on any atom is 0.272 e. The van der Waals surface area contributed by atoms with Gasteiger partial charge in [-0.1, -0.05) is 23.7 Å². The van der Waals surface area contributed by atoms with Gasteiger partial charge in [-0.25, -0.2) is 4.98 Å². The van der Waals surface area contributed by atoms with Crippen LogP contribution in [0.25, 0.3) is 10.9 Å². The van der Waals surface area contributed by atoms with E-state index in [4.69, 9.17) is 11.6 Å². The maximum atomic E-state index is 12.6. The molecule has 24 heavy (non-hydrogen) atoms. The van der Waals surface area contributed by atoms with Gasteiger partial charge in [-0.05, 0) is 50.6 Å². The second-order valence-corrected chi connectivity index (χ2v) is 6.26. The summed E-state index contributed by atoms with van der Waals surface area (Å²) in [4.78, 5) is 19.0. The SMILES string of the molecule is CNCC1CCN(C(=O)c2ccc3ccc(Cl)cc3n2)CC1.Cl.Cl. The highest BCUT2D eigenvalue weighted by atomic mass is 35.5. The predicted octanol–water partition coefficient (Wildman–Crippen LogP) is 3.80. The molecular formula is C17H22Cl3N3O. The number of fused-ring (bicyclic) bond motifs is 1. The zero-order valence-corrected chi connectivity index (χ0v) is 15.9. The van der Waals surface area contributed by atoms with Gasteiger partial charge in [-0.2, -0.15) is 0 Å². The first kappa shape index (κ1) is 21.0. The molecule has 1 aromatic heterocycles. The van der Waals surface area contributed by atoms with Gasteiger partial charge >= 0.3 is 0 Å². The van der Waals surface area contributed by atoms with Crippen molar-refractivity contribution in [1.82, 2.24) is 15.2 Å². The van der Waals surface area contributed by atoms with Crippen molar-refractivity contribution in [2.75, 3.05) is 26.7 Å². The number of rotatable bonds is 3. The van der Waals surface area contributed by atoms with Crippen LogP contribution in [-0.4, -0.2) is 42.5 Å².